The van der Waals surface area contributed by atoms with Crippen LogP contribution in [0.2, 0.25) is 0 Å². The molecule has 0 amide bonds. The molecule has 2 heteroatoms. The average Bonchev–Trinajstić information content (AvgIpc) is 3.82. The molecule has 0 N–H and O–H groups in total. The van der Waals surface area contributed by atoms with E-state index < -0.39 is 0 Å². The molecule has 238 valence electrons. The van der Waals surface area contributed by atoms with Crippen molar-refractivity contribution in [2.24, 2.45) is 0 Å². The highest BCUT2D eigenvalue weighted by Crippen LogP contribution is 2.50. The van der Waals surface area contributed by atoms with Crippen LogP contribution in [-0.4, -0.2) is 0 Å². The minimum absolute atomic E-state index is 1.04. The van der Waals surface area contributed by atoms with Crippen LogP contribution in [-0.2, 0) is 25.7 Å². The van der Waals surface area contributed by atoms with E-state index >= 15 is 0 Å². The van der Waals surface area contributed by atoms with Gasteiger partial charge in [0.2, 0.25) is 0 Å². The van der Waals surface area contributed by atoms with E-state index in [0.717, 1.165) is 37.1 Å². The summed E-state index contributed by atoms with van der Waals surface area (Å²) in [7, 11) is 0. The first-order valence-electron chi connectivity index (χ1n) is 17.8. The van der Waals surface area contributed by atoms with Crippen LogP contribution in [0, 0.1) is 0 Å². The molecule has 0 heterocycles. The molecule has 0 atom stereocenters. The zero-order valence-corrected chi connectivity index (χ0v) is 27.9. The first kappa shape index (κ1) is 28.9. The van der Waals surface area contributed by atoms with Crippen molar-refractivity contribution in [2.75, 3.05) is 9.80 Å². The van der Waals surface area contributed by atoms with Crippen LogP contribution in [0.5, 0.6) is 0 Å². The monoisotopic (exact) mass is 640 g/mol. The number of aryl methyl sites for hydroxylation is 4. The van der Waals surface area contributed by atoms with Crippen LogP contribution >= 0.6 is 0 Å². The van der Waals surface area contributed by atoms with Gasteiger partial charge in [0.25, 0.3) is 0 Å². The van der Waals surface area contributed by atoms with Crippen molar-refractivity contribution in [3.63, 3.8) is 0 Å². The van der Waals surface area contributed by atoms with E-state index in [-0.39, 0.29) is 0 Å². The van der Waals surface area contributed by atoms with Crippen molar-refractivity contribution in [3.05, 3.63) is 192 Å². The van der Waals surface area contributed by atoms with Gasteiger partial charge in [-0.05, 0) is 118 Å². The Bertz CT molecular complexity index is 2370. The standard InChI is InChI=1S/C48H36N2/c1-3-17-37(18-4-1)49(45-31-27-35-15-11-13-33-25-29-41(45)47(33)35)43-23-9-7-21-39(43)40-22-8-10-24-44(40)50(38-19-5-2-6-20-38)46-32-28-36-16-12-14-34-26-30-42(46)48(34)36/h1-24,27-28,31-32H,25-26,29-30H2. The summed E-state index contributed by atoms with van der Waals surface area (Å²) in [6.07, 6.45) is 4.25. The van der Waals surface area contributed by atoms with E-state index in [2.05, 4.69) is 180 Å². The summed E-state index contributed by atoms with van der Waals surface area (Å²) in [5, 5.41) is 5.51. The number of benzene rings is 8. The second-order valence-corrected chi connectivity index (χ2v) is 13.5. The minimum Gasteiger partial charge on any atom is -0.310 e. The second kappa shape index (κ2) is 11.8. The van der Waals surface area contributed by atoms with Crippen LogP contribution in [0.3, 0.4) is 0 Å². The fourth-order valence-corrected chi connectivity index (χ4v) is 8.67. The SMILES string of the molecule is c1ccc(N(c2ccccc2-c2ccccc2N(c2ccccc2)c2ccc3cccc4c3c2CC4)c2ccc3cccc4c3c2CC4)cc1. The molecule has 10 rings (SSSR count). The van der Waals surface area contributed by atoms with Crippen molar-refractivity contribution in [2.45, 2.75) is 25.7 Å². The van der Waals surface area contributed by atoms with Gasteiger partial charge in [0.1, 0.15) is 0 Å². The summed E-state index contributed by atoms with van der Waals surface area (Å²) in [5.74, 6) is 0. The molecule has 8 aromatic rings. The van der Waals surface area contributed by atoms with E-state index in [9.17, 15) is 0 Å². The molecule has 2 aliphatic rings. The Kier molecular flexibility index (Phi) is 6.80. The number of anilines is 6. The smallest absolute Gasteiger partial charge is 0.0540 e. The summed E-state index contributed by atoms with van der Waals surface area (Å²) in [6, 6.07) is 62.6. The van der Waals surface area contributed by atoms with Gasteiger partial charge in [-0.2, -0.15) is 0 Å². The van der Waals surface area contributed by atoms with E-state index in [0.29, 0.717) is 0 Å². The fraction of sp³-hybridized carbons (Fsp3) is 0.0833. The lowest BCUT2D eigenvalue weighted by molar-refractivity contribution is 1.02. The maximum atomic E-state index is 2.50. The summed E-state index contributed by atoms with van der Waals surface area (Å²) in [6.45, 7) is 0. The average molecular weight is 641 g/mol. The molecule has 0 bridgehead atoms. The molecular weight excluding hydrogens is 605 g/mol. The zero-order valence-electron chi connectivity index (χ0n) is 27.9. The predicted octanol–water partition coefficient (Wildman–Crippen LogP) is 12.8. The Morgan fingerprint density at radius 3 is 1.18 bits per heavy atom. The lowest BCUT2D eigenvalue weighted by Gasteiger charge is -2.32. The van der Waals surface area contributed by atoms with Crippen LogP contribution in [0.4, 0.5) is 34.1 Å². The van der Waals surface area contributed by atoms with E-state index in [1.54, 1.807) is 0 Å². The Labute approximate surface area is 293 Å². The summed E-state index contributed by atoms with van der Waals surface area (Å²) < 4.78 is 0. The highest BCUT2D eigenvalue weighted by atomic mass is 15.2. The Morgan fingerprint density at radius 1 is 0.300 bits per heavy atom. The molecule has 0 fully saturated rings. The largest absolute Gasteiger partial charge is 0.310 e. The third kappa shape index (κ3) is 4.56. The van der Waals surface area contributed by atoms with Gasteiger partial charge in [-0.1, -0.05) is 121 Å². The van der Waals surface area contributed by atoms with Crippen LogP contribution in [0.25, 0.3) is 32.7 Å². The van der Waals surface area contributed by atoms with Gasteiger partial charge in [0, 0.05) is 33.9 Å². The van der Waals surface area contributed by atoms with Crippen LogP contribution in [0.15, 0.2) is 170 Å². The quantitative estimate of drug-likeness (QED) is 0.171. The highest BCUT2D eigenvalue weighted by Gasteiger charge is 2.28. The van der Waals surface area contributed by atoms with Gasteiger partial charge < -0.3 is 9.80 Å². The minimum atomic E-state index is 1.04. The third-order valence-corrected chi connectivity index (χ3v) is 10.8. The van der Waals surface area contributed by atoms with E-state index in [1.165, 1.54) is 77.7 Å². The molecule has 0 unspecified atom stereocenters. The maximum absolute atomic E-state index is 2.50. The molecule has 0 saturated carbocycles. The molecular formula is C48H36N2. The summed E-state index contributed by atoms with van der Waals surface area (Å²) in [5.41, 5.74) is 15.4. The lowest BCUT2D eigenvalue weighted by Crippen LogP contribution is -2.15. The summed E-state index contributed by atoms with van der Waals surface area (Å²) in [4.78, 5) is 5.00. The van der Waals surface area contributed by atoms with Gasteiger partial charge in [-0.3, -0.25) is 0 Å². The molecule has 2 nitrogen and oxygen atoms in total. The molecule has 0 aliphatic heterocycles. The number of para-hydroxylation sites is 4. The molecule has 0 saturated heterocycles. The maximum Gasteiger partial charge on any atom is 0.0540 e. The van der Waals surface area contributed by atoms with E-state index in [4.69, 9.17) is 0 Å². The van der Waals surface area contributed by atoms with Gasteiger partial charge >= 0.3 is 0 Å². The van der Waals surface area contributed by atoms with Gasteiger partial charge in [0.05, 0.1) is 11.4 Å². The highest BCUT2D eigenvalue weighted by molar-refractivity contribution is 6.02. The Balaban J connectivity index is 1.21. The van der Waals surface area contributed by atoms with Gasteiger partial charge in [0.15, 0.2) is 0 Å². The van der Waals surface area contributed by atoms with Crippen molar-refractivity contribution >= 4 is 55.7 Å². The zero-order chi connectivity index (χ0) is 33.0. The first-order chi connectivity index (χ1) is 24.8. The van der Waals surface area contributed by atoms with E-state index in [1.807, 2.05) is 0 Å². The third-order valence-electron chi connectivity index (χ3n) is 10.8. The number of hydrogen-bond donors (Lipinski definition) is 0. The Hall–Kier alpha value is -6.12. The normalized spacial score (nSPS) is 12.9. The fourth-order valence-electron chi connectivity index (χ4n) is 8.67. The molecule has 0 aromatic heterocycles. The molecule has 0 radical (unpaired) electrons. The molecule has 0 spiro atoms. The number of nitrogens with zero attached hydrogens (tertiary/aromatic N) is 2. The topological polar surface area (TPSA) is 6.48 Å². The lowest BCUT2D eigenvalue weighted by atomic mass is 9.96. The second-order valence-electron chi connectivity index (χ2n) is 13.5. The summed E-state index contributed by atoms with van der Waals surface area (Å²) >= 11 is 0. The van der Waals surface area contributed by atoms with Gasteiger partial charge in [-0.15, -0.1) is 0 Å². The molecule has 50 heavy (non-hydrogen) atoms. The van der Waals surface area contributed by atoms with Crippen LogP contribution in [0.1, 0.15) is 22.3 Å². The van der Waals surface area contributed by atoms with Crippen molar-refractivity contribution in [1.29, 1.82) is 0 Å². The molecule has 2 aliphatic carbocycles. The van der Waals surface area contributed by atoms with Crippen LogP contribution < -0.4 is 9.80 Å². The molecule has 8 aromatic carbocycles. The number of rotatable bonds is 7. The predicted molar refractivity (Wildman–Crippen MR) is 211 cm³/mol. The van der Waals surface area contributed by atoms with Crippen molar-refractivity contribution in [1.82, 2.24) is 0 Å². The van der Waals surface area contributed by atoms with Crippen molar-refractivity contribution < 1.29 is 0 Å². The first-order valence-corrected chi connectivity index (χ1v) is 17.8. The number of hydrogen-bond acceptors (Lipinski definition) is 2. The van der Waals surface area contributed by atoms with Gasteiger partial charge in [-0.25, -0.2) is 0 Å². The Morgan fingerprint density at radius 2 is 0.720 bits per heavy atom. The van der Waals surface area contributed by atoms with Crippen molar-refractivity contribution in [3.8, 4) is 11.1 Å².